The first-order valence-corrected chi connectivity index (χ1v) is 4.08. The molecule has 2 N–H and O–H groups in total. The Hall–Kier alpha value is -1.49. The van der Waals surface area contributed by atoms with Crippen molar-refractivity contribution >= 4 is 5.97 Å². The van der Waals surface area contributed by atoms with E-state index >= 15 is 0 Å². The van der Waals surface area contributed by atoms with E-state index in [2.05, 4.69) is 9.72 Å². The molecule has 0 bridgehead atoms. The molecular formula is C9H11FN2O2. The third-order valence-electron chi connectivity index (χ3n) is 1.80. The topological polar surface area (TPSA) is 65.2 Å². The second-order valence-corrected chi connectivity index (χ2v) is 2.77. The number of nitrogens with zero attached hydrogens (tertiary/aromatic N) is 1. The van der Waals surface area contributed by atoms with Gasteiger partial charge in [0.05, 0.1) is 13.5 Å². The lowest BCUT2D eigenvalue weighted by Crippen LogP contribution is -2.17. The summed E-state index contributed by atoms with van der Waals surface area (Å²) in [5, 5.41) is 0. The predicted octanol–water partition coefficient (Wildman–Crippen LogP) is 0.784. The summed E-state index contributed by atoms with van der Waals surface area (Å²) in [6, 6.07) is 2.35. The van der Waals surface area contributed by atoms with E-state index in [1.54, 1.807) is 6.07 Å². The van der Waals surface area contributed by atoms with Crippen molar-refractivity contribution in [2.75, 3.05) is 7.11 Å². The van der Waals surface area contributed by atoms with Crippen molar-refractivity contribution in [1.29, 1.82) is 0 Å². The summed E-state index contributed by atoms with van der Waals surface area (Å²) in [5.41, 5.74) is 5.81. The summed E-state index contributed by atoms with van der Waals surface area (Å²) in [6.45, 7) is 0. The second-order valence-electron chi connectivity index (χ2n) is 2.77. The molecule has 0 aliphatic carbocycles. The highest BCUT2D eigenvalue weighted by Crippen LogP contribution is 2.15. The molecule has 76 valence electrons. The van der Waals surface area contributed by atoms with Gasteiger partial charge in [0.25, 0.3) is 0 Å². The minimum atomic E-state index is -0.712. The maximum Gasteiger partial charge on any atom is 0.307 e. The first-order valence-electron chi connectivity index (χ1n) is 4.08. The van der Waals surface area contributed by atoms with Gasteiger partial charge in [-0.15, -0.1) is 0 Å². The molecule has 14 heavy (non-hydrogen) atoms. The molecule has 0 unspecified atom stereocenters. The SMILES string of the molecule is COC(=O)C[C@@H](N)c1cccnc1F. The Morgan fingerprint density at radius 3 is 3.07 bits per heavy atom. The van der Waals surface area contributed by atoms with E-state index < -0.39 is 18.0 Å². The normalized spacial score (nSPS) is 12.2. The van der Waals surface area contributed by atoms with Crippen LogP contribution in [0.25, 0.3) is 0 Å². The lowest BCUT2D eigenvalue weighted by molar-refractivity contribution is -0.141. The first-order chi connectivity index (χ1) is 6.65. The van der Waals surface area contributed by atoms with Gasteiger partial charge in [-0.25, -0.2) is 4.98 Å². The molecule has 0 amide bonds. The minimum Gasteiger partial charge on any atom is -0.469 e. The summed E-state index contributed by atoms with van der Waals surface area (Å²) >= 11 is 0. The summed E-state index contributed by atoms with van der Waals surface area (Å²) in [4.78, 5) is 14.3. The van der Waals surface area contributed by atoms with Crippen LogP contribution < -0.4 is 5.73 Å². The fraction of sp³-hybridized carbons (Fsp3) is 0.333. The van der Waals surface area contributed by atoms with Gasteiger partial charge in [0, 0.05) is 17.8 Å². The van der Waals surface area contributed by atoms with Crippen molar-refractivity contribution in [3.63, 3.8) is 0 Å². The zero-order valence-corrected chi connectivity index (χ0v) is 7.74. The molecule has 0 saturated carbocycles. The lowest BCUT2D eigenvalue weighted by Gasteiger charge is -2.10. The van der Waals surface area contributed by atoms with Crippen molar-refractivity contribution in [2.24, 2.45) is 5.73 Å². The van der Waals surface area contributed by atoms with Crippen molar-refractivity contribution < 1.29 is 13.9 Å². The number of aromatic nitrogens is 1. The number of hydrogen-bond donors (Lipinski definition) is 1. The molecule has 0 aromatic carbocycles. The molecule has 4 nitrogen and oxygen atoms in total. The largest absolute Gasteiger partial charge is 0.469 e. The molecule has 0 spiro atoms. The molecule has 1 rings (SSSR count). The molecule has 1 aromatic heterocycles. The molecule has 5 heteroatoms. The Morgan fingerprint density at radius 1 is 1.79 bits per heavy atom. The van der Waals surface area contributed by atoms with Gasteiger partial charge in [-0.05, 0) is 6.07 Å². The van der Waals surface area contributed by atoms with Crippen molar-refractivity contribution in [1.82, 2.24) is 4.98 Å². The van der Waals surface area contributed by atoms with Crippen LogP contribution in [0.1, 0.15) is 18.0 Å². The maximum absolute atomic E-state index is 13.1. The van der Waals surface area contributed by atoms with Gasteiger partial charge in [0.1, 0.15) is 0 Å². The van der Waals surface area contributed by atoms with Crippen LogP contribution >= 0.6 is 0 Å². The lowest BCUT2D eigenvalue weighted by atomic mass is 10.1. The Kier molecular flexibility index (Phi) is 3.53. The Bertz CT molecular complexity index is 330. The monoisotopic (exact) mass is 198 g/mol. The van der Waals surface area contributed by atoms with E-state index in [9.17, 15) is 9.18 Å². The van der Waals surface area contributed by atoms with Crippen molar-refractivity contribution in [3.8, 4) is 0 Å². The number of nitrogens with two attached hydrogens (primary N) is 1. The van der Waals surface area contributed by atoms with Gasteiger partial charge in [-0.2, -0.15) is 4.39 Å². The molecular weight excluding hydrogens is 187 g/mol. The summed E-state index contributed by atoms with van der Waals surface area (Å²) in [6.07, 6.45) is 1.27. The quantitative estimate of drug-likeness (QED) is 0.576. The van der Waals surface area contributed by atoms with E-state index in [4.69, 9.17) is 5.73 Å². The fourth-order valence-corrected chi connectivity index (χ4v) is 1.05. The molecule has 0 fully saturated rings. The molecule has 1 atom stereocenters. The number of hydrogen-bond acceptors (Lipinski definition) is 4. The number of pyridine rings is 1. The van der Waals surface area contributed by atoms with E-state index in [1.165, 1.54) is 19.4 Å². The third-order valence-corrected chi connectivity index (χ3v) is 1.80. The summed E-state index contributed by atoms with van der Waals surface area (Å²) in [7, 11) is 1.26. The summed E-state index contributed by atoms with van der Waals surface area (Å²) < 4.78 is 17.5. The number of carbonyl (C=O) groups is 1. The highest BCUT2D eigenvalue weighted by molar-refractivity contribution is 5.70. The van der Waals surface area contributed by atoms with Crippen LogP contribution in [0.2, 0.25) is 0 Å². The van der Waals surface area contributed by atoms with E-state index in [0.29, 0.717) is 0 Å². The average molecular weight is 198 g/mol. The Labute approximate surface area is 80.9 Å². The second kappa shape index (κ2) is 4.66. The Balaban J connectivity index is 2.74. The summed E-state index contributed by atoms with van der Waals surface area (Å²) in [5.74, 6) is -1.12. The number of esters is 1. The zero-order valence-electron chi connectivity index (χ0n) is 7.74. The third kappa shape index (κ3) is 2.50. The molecule has 0 saturated heterocycles. The van der Waals surface area contributed by atoms with Crippen LogP contribution in [0.5, 0.6) is 0 Å². The van der Waals surface area contributed by atoms with Crippen LogP contribution in [0.4, 0.5) is 4.39 Å². The highest BCUT2D eigenvalue weighted by Gasteiger charge is 2.15. The molecule has 1 heterocycles. The first kappa shape index (κ1) is 10.6. The molecule has 0 radical (unpaired) electrons. The van der Waals surface area contributed by atoms with Crippen molar-refractivity contribution in [2.45, 2.75) is 12.5 Å². The highest BCUT2D eigenvalue weighted by atomic mass is 19.1. The standard InChI is InChI=1S/C9H11FN2O2/c1-14-8(13)5-7(11)6-3-2-4-12-9(6)10/h2-4,7H,5,11H2,1H3/t7-/m1/s1. The van der Waals surface area contributed by atoms with Crippen LogP contribution in [-0.2, 0) is 9.53 Å². The van der Waals surface area contributed by atoms with Crippen LogP contribution in [0.3, 0.4) is 0 Å². The average Bonchev–Trinajstić information content (AvgIpc) is 2.18. The van der Waals surface area contributed by atoms with Gasteiger partial charge < -0.3 is 10.5 Å². The molecule has 0 aliphatic heterocycles. The maximum atomic E-state index is 13.1. The van der Waals surface area contributed by atoms with Crippen molar-refractivity contribution in [3.05, 3.63) is 29.8 Å². The fourth-order valence-electron chi connectivity index (χ4n) is 1.05. The minimum absolute atomic E-state index is 0.0564. The van der Waals surface area contributed by atoms with E-state index in [-0.39, 0.29) is 12.0 Å². The zero-order chi connectivity index (χ0) is 10.6. The number of ether oxygens (including phenoxy) is 1. The van der Waals surface area contributed by atoms with Gasteiger partial charge in [0.2, 0.25) is 5.95 Å². The smallest absolute Gasteiger partial charge is 0.307 e. The number of rotatable bonds is 3. The van der Waals surface area contributed by atoms with Crippen LogP contribution in [-0.4, -0.2) is 18.1 Å². The van der Waals surface area contributed by atoms with Gasteiger partial charge >= 0.3 is 5.97 Å². The predicted molar refractivity (Wildman–Crippen MR) is 47.8 cm³/mol. The van der Waals surface area contributed by atoms with Crippen LogP contribution in [0, 0.1) is 5.95 Å². The van der Waals surface area contributed by atoms with Gasteiger partial charge in [-0.3, -0.25) is 4.79 Å². The molecule has 1 aromatic rings. The number of methoxy groups -OCH3 is 1. The van der Waals surface area contributed by atoms with Crippen LogP contribution in [0.15, 0.2) is 18.3 Å². The van der Waals surface area contributed by atoms with E-state index in [0.717, 1.165) is 0 Å². The van der Waals surface area contributed by atoms with Gasteiger partial charge in [0.15, 0.2) is 0 Å². The van der Waals surface area contributed by atoms with Gasteiger partial charge in [-0.1, -0.05) is 6.07 Å². The van der Waals surface area contributed by atoms with E-state index in [1.807, 2.05) is 0 Å². The Morgan fingerprint density at radius 2 is 2.50 bits per heavy atom. The number of halogens is 1. The molecule has 0 aliphatic rings. The number of carbonyl (C=O) groups excluding carboxylic acids is 1.